The highest BCUT2D eigenvalue weighted by atomic mass is 16.5. The van der Waals surface area contributed by atoms with Gasteiger partial charge in [-0.25, -0.2) is 0 Å². The maximum Gasteiger partial charge on any atom is 0.245 e. The molecule has 2 heterocycles. The van der Waals surface area contributed by atoms with Gasteiger partial charge in [0.25, 0.3) is 0 Å². The standard InChI is InChI=1S/C30H42N4O4/c1-4-5-16-38-30(26-9-7-6-8-22(26)2)19-34(20-30)29(36)27(17-23-10-13-25(37-3)14-11-23)33-28(35)15-12-24-18-31-21-32-24/h6-11,13-14,24,27,31-32H,4-5,12,15-21H2,1-3H3,(H,33,35)/t24?,27-/m0/s1. The maximum atomic E-state index is 13.8. The minimum atomic E-state index is -0.643. The van der Waals surface area contributed by atoms with Crippen LogP contribution in [0.2, 0.25) is 0 Å². The number of carbonyl (C=O) groups excluding carboxylic acids is 2. The summed E-state index contributed by atoms with van der Waals surface area (Å²) in [6.07, 6.45) is 3.55. The van der Waals surface area contributed by atoms with Gasteiger partial charge in [-0.15, -0.1) is 0 Å². The second-order valence-electron chi connectivity index (χ2n) is 10.4. The van der Waals surface area contributed by atoms with Crippen molar-refractivity contribution in [3.8, 4) is 5.75 Å². The second kappa shape index (κ2) is 13.2. The summed E-state index contributed by atoms with van der Waals surface area (Å²) in [5.74, 6) is 0.585. The van der Waals surface area contributed by atoms with E-state index in [9.17, 15) is 9.59 Å². The first kappa shape index (κ1) is 28.1. The third kappa shape index (κ3) is 6.92. The van der Waals surface area contributed by atoms with E-state index in [-0.39, 0.29) is 17.9 Å². The van der Waals surface area contributed by atoms with Crippen LogP contribution in [0, 0.1) is 6.92 Å². The Balaban J connectivity index is 1.46. The van der Waals surface area contributed by atoms with E-state index in [0.29, 0.717) is 32.5 Å². The van der Waals surface area contributed by atoms with Gasteiger partial charge in [0, 0.05) is 38.7 Å². The van der Waals surface area contributed by atoms with Crippen LogP contribution in [0.1, 0.15) is 49.3 Å². The number of aryl methyl sites for hydroxylation is 1. The van der Waals surface area contributed by atoms with E-state index in [1.165, 1.54) is 0 Å². The lowest BCUT2D eigenvalue weighted by atomic mass is 9.82. The molecule has 4 rings (SSSR count). The molecule has 2 saturated heterocycles. The van der Waals surface area contributed by atoms with Gasteiger partial charge in [0.2, 0.25) is 11.8 Å². The number of ether oxygens (including phenoxy) is 2. The molecule has 0 saturated carbocycles. The monoisotopic (exact) mass is 522 g/mol. The van der Waals surface area contributed by atoms with Gasteiger partial charge in [-0.2, -0.15) is 0 Å². The molecule has 2 aromatic rings. The zero-order valence-electron chi connectivity index (χ0n) is 22.9. The molecule has 1 unspecified atom stereocenters. The van der Waals surface area contributed by atoms with Gasteiger partial charge < -0.3 is 30.3 Å². The van der Waals surface area contributed by atoms with E-state index in [1.807, 2.05) is 41.3 Å². The number of rotatable bonds is 13. The van der Waals surface area contributed by atoms with Gasteiger partial charge >= 0.3 is 0 Å². The molecule has 3 N–H and O–H groups in total. The molecular formula is C30H42N4O4. The first-order valence-electron chi connectivity index (χ1n) is 13.8. The number of methoxy groups -OCH3 is 1. The van der Waals surface area contributed by atoms with E-state index in [0.717, 1.165) is 54.9 Å². The van der Waals surface area contributed by atoms with E-state index in [4.69, 9.17) is 9.47 Å². The van der Waals surface area contributed by atoms with Gasteiger partial charge in [-0.05, 0) is 48.6 Å². The summed E-state index contributed by atoms with van der Waals surface area (Å²) < 4.78 is 11.7. The molecule has 8 nitrogen and oxygen atoms in total. The Hall–Kier alpha value is -2.94. The first-order valence-corrected chi connectivity index (χ1v) is 13.8. The molecule has 2 aliphatic heterocycles. The zero-order chi connectivity index (χ0) is 27.0. The topological polar surface area (TPSA) is 91.9 Å². The van der Waals surface area contributed by atoms with Crippen LogP contribution in [0.5, 0.6) is 5.75 Å². The third-order valence-electron chi connectivity index (χ3n) is 7.57. The number of nitrogens with one attached hydrogen (secondary N) is 3. The summed E-state index contributed by atoms with van der Waals surface area (Å²) in [6.45, 7) is 7.47. The smallest absolute Gasteiger partial charge is 0.245 e. The van der Waals surface area contributed by atoms with Gasteiger partial charge in [0.15, 0.2) is 0 Å². The van der Waals surface area contributed by atoms with Crippen LogP contribution in [0.4, 0.5) is 0 Å². The number of amides is 2. The van der Waals surface area contributed by atoms with Crippen molar-refractivity contribution in [2.45, 2.75) is 63.6 Å². The van der Waals surface area contributed by atoms with Crippen molar-refractivity contribution < 1.29 is 19.1 Å². The molecule has 2 aliphatic rings. The lowest BCUT2D eigenvalue weighted by Gasteiger charge is -2.51. The second-order valence-corrected chi connectivity index (χ2v) is 10.4. The third-order valence-corrected chi connectivity index (χ3v) is 7.57. The average Bonchev–Trinajstić information content (AvgIpc) is 3.43. The Morgan fingerprint density at radius 3 is 2.58 bits per heavy atom. The normalized spacial score (nSPS) is 19.0. The van der Waals surface area contributed by atoms with Crippen LogP contribution in [-0.2, 0) is 26.3 Å². The summed E-state index contributed by atoms with van der Waals surface area (Å²) >= 11 is 0. The molecule has 2 atom stereocenters. The summed E-state index contributed by atoms with van der Waals surface area (Å²) in [4.78, 5) is 28.5. The van der Waals surface area contributed by atoms with E-state index >= 15 is 0 Å². The van der Waals surface area contributed by atoms with Crippen LogP contribution < -0.4 is 20.7 Å². The number of hydrogen-bond acceptors (Lipinski definition) is 6. The molecule has 206 valence electrons. The maximum absolute atomic E-state index is 13.8. The van der Waals surface area contributed by atoms with E-state index in [1.54, 1.807) is 7.11 Å². The number of nitrogens with zero attached hydrogens (tertiary/aromatic N) is 1. The highest BCUT2D eigenvalue weighted by Crippen LogP contribution is 2.38. The van der Waals surface area contributed by atoms with Crippen molar-refractivity contribution in [2.75, 3.05) is 40.0 Å². The highest BCUT2D eigenvalue weighted by Gasteiger charge is 2.49. The molecule has 0 bridgehead atoms. The summed E-state index contributed by atoms with van der Waals surface area (Å²) in [7, 11) is 1.63. The summed E-state index contributed by atoms with van der Waals surface area (Å²) in [5.41, 5.74) is 2.75. The zero-order valence-corrected chi connectivity index (χ0v) is 22.9. The molecule has 0 radical (unpaired) electrons. The number of benzene rings is 2. The number of unbranched alkanes of at least 4 members (excludes halogenated alkanes) is 1. The van der Waals surface area contributed by atoms with Crippen LogP contribution in [0.15, 0.2) is 48.5 Å². The summed E-state index contributed by atoms with van der Waals surface area (Å²) in [5, 5.41) is 9.63. The van der Waals surface area contributed by atoms with Crippen molar-refractivity contribution in [1.29, 1.82) is 0 Å². The summed E-state index contributed by atoms with van der Waals surface area (Å²) in [6, 6.07) is 15.5. The largest absolute Gasteiger partial charge is 0.497 e. The lowest BCUT2D eigenvalue weighted by Crippen LogP contribution is -2.66. The molecule has 0 spiro atoms. The van der Waals surface area contributed by atoms with Crippen molar-refractivity contribution >= 4 is 11.8 Å². The van der Waals surface area contributed by atoms with Crippen molar-refractivity contribution in [3.05, 3.63) is 65.2 Å². The van der Waals surface area contributed by atoms with Gasteiger partial charge in [-0.3, -0.25) is 9.59 Å². The molecule has 8 heteroatoms. The predicted molar refractivity (Wildman–Crippen MR) is 148 cm³/mol. The molecule has 2 aromatic carbocycles. The Morgan fingerprint density at radius 1 is 1.16 bits per heavy atom. The molecule has 38 heavy (non-hydrogen) atoms. The lowest BCUT2D eigenvalue weighted by molar-refractivity contribution is -0.175. The number of likely N-dealkylation sites (tertiary alicyclic amines) is 1. The fourth-order valence-electron chi connectivity index (χ4n) is 5.29. The van der Waals surface area contributed by atoms with Gasteiger partial charge in [0.1, 0.15) is 17.4 Å². The molecular weight excluding hydrogens is 480 g/mol. The Bertz CT molecular complexity index is 1060. The Morgan fingerprint density at radius 2 is 1.92 bits per heavy atom. The first-order chi connectivity index (χ1) is 18.4. The minimum Gasteiger partial charge on any atom is -0.497 e. The number of carbonyl (C=O) groups is 2. The molecule has 0 aromatic heterocycles. The predicted octanol–water partition coefficient (Wildman–Crippen LogP) is 2.88. The fraction of sp³-hybridized carbons (Fsp3) is 0.533. The quantitative estimate of drug-likeness (QED) is 0.351. The average molecular weight is 523 g/mol. The van der Waals surface area contributed by atoms with Crippen LogP contribution in [0.25, 0.3) is 0 Å². The Labute approximate surface area is 226 Å². The van der Waals surface area contributed by atoms with Crippen molar-refractivity contribution in [1.82, 2.24) is 20.9 Å². The fourth-order valence-corrected chi connectivity index (χ4v) is 5.29. The number of hydrogen-bond donors (Lipinski definition) is 3. The SMILES string of the molecule is CCCCOC1(c2ccccc2C)CN(C(=O)[C@H](Cc2ccc(OC)cc2)NC(=O)CCC2CNCN2)C1. The van der Waals surface area contributed by atoms with Crippen LogP contribution in [0.3, 0.4) is 0 Å². The molecule has 2 amide bonds. The van der Waals surface area contributed by atoms with E-state index in [2.05, 4.69) is 41.9 Å². The van der Waals surface area contributed by atoms with Crippen LogP contribution >= 0.6 is 0 Å². The van der Waals surface area contributed by atoms with Crippen molar-refractivity contribution in [3.63, 3.8) is 0 Å². The van der Waals surface area contributed by atoms with Gasteiger partial charge in [0.05, 0.1) is 20.2 Å². The molecule has 2 fully saturated rings. The van der Waals surface area contributed by atoms with Gasteiger partial charge in [-0.1, -0.05) is 49.7 Å². The molecule has 0 aliphatic carbocycles. The van der Waals surface area contributed by atoms with Crippen molar-refractivity contribution in [2.24, 2.45) is 0 Å². The highest BCUT2D eigenvalue weighted by molar-refractivity contribution is 5.88. The van der Waals surface area contributed by atoms with Crippen LogP contribution in [-0.4, -0.2) is 68.8 Å². The Kier molecular flexibility index (Phi) is 9.77. The van der Waals surface area contributed by atoms with E-state index < -0.39 is 11.6 Å². The minimum absolute atomic E-state index is 0.0712.